The molecule has 0 amide bonds. The number of hydrogen-bond donors (Lipinski definition) is 0. The molecule has 0 unspecified atom stereocenters. The standard InChI is InChI=1S/C10H6NO5P/c1-5-4-8(12)16-10-6(5)2-3-7(17-15)9(10)11(13)14/h2-4H,1H3. The van der Waals surface area contributed by atoms with Crippen LogP contribution < -0.4 is 10.9 Å². The number of hydrogen-bond acceptors (Lipinski definition) is 5. The van der Waals surface area contributed by atoms with E-state index in [1.54, 1.807) is 13.0 Å². The molecule has 17 heavy (non-hydrogen) atoms. The van der Waals surface area contributed by atoms with E-state index >= 15 is 0 Å². The molecular weight excluding hydrogens is 245 g/mol. The molecule has 7 heteroatoms. The second-order valence-corrected chi connectivity index (χ2v) is 4.07. The highest BCUT2D eigenvalue weighted by molar-refractivity contribution is 7.34. The fourth-order valence-corrected chi connectivity index (χ4v) is 2.01. The predicted octanol–water partition coefficient (Wildman–Crippen LogP) is 1.93. The van der Waals surface area contributed by atoms with Crippen LogP contribution in [0.15, 0.2) is 27.4 Å². The number of benzene rings is 1. The Hall–Kier alpha value is -2.07. The maximum atomic E-state index is 11.2. The van der Waals surface area contributed by atoms with Gasteiger partial charge >= 0.3 is 11.3 Å². The van der Waals surface area contributed by atoms with Crippen molar-refractivity contribution in [2.75, 3.05) is 0 Å². The fraction of sp³-hybridized carbons (Fsp3) is 0.100. The van der Waals surface area contributed by atoms with Crippen molar-refractivity contribution in [3.8, 4) is 0 Å². The van der Waals surface area contributed by atoms with Gasteiger partial charge in [-0.05, 0) is 24.6 Å². The molecule has 2 aromatic rings. The predicted molar refractivity (Wildman–Crippen MR) is 61.1 cm³/mol. The van der Waals surface area contributed by atoms with Crippen LogP contribution in [0.2, 0.25) is 0 Å². The Kier molecular flexibility index (Phi) is 2.73. The summed E-state index contributed by atoms with van der Waals surface area (Å²) in [4.78, 5) is 21.4. The first-order valence-electron chi connectivity index (χ1n) is 4.60. The number of nitro benzene ring substituents is 1. The number of nitro groups is 1. The van der Waals surface area contributed by atoms with E-state index in [0.29, 0.717) is 10.9 Å². The van der Waals surface area contributed by atoms with E-state index in [9.17, 15) is 19.5 Å². The van der Waals surface area contributed by atoms with Crippen molar-refractivity contribution in [2.24, 2.45) is 0 Å². The molecule has 86 valence electrons. The fourth-order valence-electron chi connectivity index (χ4n) is 1.61. The monoisotopic (exact) mass is 251 g/mol. The Bertz CT molecular complexity index is 691. The molecule has 0 N–H and O–H groups in total. The SMILES string of the molecule is Cc1cc(=O)oc2c([N+](=O)[O-])c(P=O)ccc12. The van der Waals surface area contributed by atoms with Gasteiger partial charge in [-0.15, -0.1) is 0 Å². The summed E-state index contributed by atoms with van der Waals surface area (Å²) in [5.74, 6) is 0. The third kappa shape index (κ3) is 1.83. The Labute approximate surface area is 96.2 Å². The Morgan fingerprint density at radius 3 is 2.71 bits per heavy atom. The summed E-state index contributed by atoms with van der Waals surface area (Å²) in [6.45, 7) is 1.65. The Morgan fingerprint density at radius 1 is 1.41 bits per heavy atom. The molecule has 1 heterocycles. The third-order valence-corrected chi connectivity index (χ3v) is 2.91. The average Bonchev–Trinajstić information content (AvgIpc) is 2.26. The van der Waals surface area contributed by atoms with Gasteiger partial charge in [0.15, 0.2) is 8.46 Å². The minimum atomic E-state index is -0.703. The molecule has 1 aromatic heterocycles. The molecule has 0 spiro atoms. The summed E-state index contributed by atoms with van der Waals surface area (Å²) >= 11 is 0. The van der Waals surface area contributed by atoms with Gasteiger partial charge in [0.2, 0.25) is 5.58 Å². The van der Waals surface area contributed by atoms with E-state index < -0.39 is 24.7 Å². The topological polar surface area (TPSA) is 90.4 Å². The quantitative estimate of drug-likeness (QED) is 0.352. The summed E-state index contributed by atoms with van der Waals surface area (Å²) in [7, 11) is -0.489. The van der Waals surface area contributed by atoms with Gasteiger partial charge in [-0.1, -0.05) is 0 Å². The van der Waals surface area contributed by atoms with Gasteiger partial charge < -0.3 is 4.42 Å². The van der Waals surface area contributed by atoms with Crippen LogP contribution in [0.1, 0.15) is 5.56 Å². The van der Waals surface area contributed by atoms with Crippen LogP contribution in [0.25, 0.3) is 11.0 Å². The van der Waals surface area contributed by atoms with Crippen LogP contribution in [0.4, 0.5) is 5.69 Å². The smallest absolute Gasteiger partial charge is 0.336 e. The number of nitrogens with zero attached hydrogens (tertiary/aromatic N) is 1. The van der Waals surface area contributed by atoms with Crippen LogP contribution in [0.5, 0.6) is 0 Å². The van der Waals surface area contributed by atoms with Gasteiger partial charge in [0.1, 0.15) is 5.30 Å². The average molecular weight is 251 g/mol. The lowest BCUT2D eigenvalue weighted by atomic mass is 10.1. The van der Waals surface area contributed by atoms with Crippen LogP contribution in [0.3, 0.4) is 0 Å². The molecule has 0 radical (unpaired) electrons. The summed E-state index contributed by atoms with van der Waals surface area (Å²) < 4.78 is 15.7. The van der Waals surface area contributed by atoms with E-state index in [0.717, 1.165) is 0 Å². The molecule has 1 aromatic carbocycles. The molecule has 0 bridgehead atoms. The van der Waals surface area contributed by atoms with Gasteiger partial charge in [-0.2, -0.15) is 0 Å². The largest absolute Gasteiger partial charge is 0.415 e. The summed E-state index contributed by atoms with van der Waals surface area (Å²) in [5.41, 5.74) is -0.660. The van der Waals surface area contributed by atoms with Gasteiger partial charge in [0.05, 0.1) is 4.92 Å². The molecule has 0 fully saturated rings. The zero-order valence-corrected chi connectivity index (χ0v) is 9.56. The lowest BCUT2D eigenvalue weighted by Crippen LogP contribution is -2.06. The highest BCUT2D eigenvalue weighted by Gasteiger charge is 2.22. The van der Waals surface area contributed by atoms with Crippen molar-refractivity contribution in [1.29, 1.82) is 0 Å². The van der Waals surface area contributed by atoms with Crippen molar-refractivity contribution in [2.45, 2.75) is 6.92 Å². The summed E-state index contributed by atoms with van der Waals surface area (Å²) in [6, 6.07) is 4.17. The zero-order chi connectivity index (χ0) is 12.6. The van der Waals surface area contributed by atoms with Gasteiger partial charge in [0.25, 0.3) is 0 Å². The molecule has 0 saturated carbocycles. The van der Waals surface area contributed by atoms with Crippen molar-refractivity contribution >= 4 is 30.4 Å². The number of rotatable bonds is 2. The van der Waals surface area contributed by atoms with Crippen molar-refractivity contribution < 1.29 is 13.9 Å². The third-order valence-electron chi connectivity index (χ3n) is 2.35. The van der Waals surface area contributed by atoms with Crippen LogP contribution in [0, 0.1) is 17.0 Å². The number of aryl methyl sites for hydroxylation is 1. The Balaban J connectivity index is 3.04. The minimum Gasteiger partial charge on any atom is -0.415 e. The number of fused-ring (bicyclic) bond motifs is 1. The van der Waals surface area contributed by atoms with Gasteiger partial charge in [-0.3, -0.25) is 14.7 Å². The molecule has 0 atom stereocenters. The normalized spacial score (nSPS) is 10.9. The first-order chi connectivity index (χ1) is 8.04. The molecular formula is C10H6NO5P. The van der Waals surface area contributed by atoms with E-state index in [1.807, 2.05) is 0 Å². The Morgan fingerprint density at radius 2 is 2.12 bits per heavy atom. The first-order valence-corrected chi connectivity index (χ1v) is 5.41. The van der Waals surface area contributed by atoms with Gasteiger partial charge in [0, 0.05) is 11.5 Å². The van der Waals surface area contributed by atoms with Crippen molar-refractivity contribution in [1.82, 2.24) is 0 Å². The molecule has 0 saturated heterocycles. The van der Waals surface area contributed by atoms with E-state index in [4.69, 9.17) is 4.42 Å². The van der Waals surface area contributed by atoms with Gasteiger partial charge in [-0.25, -0.2) is 4.79 Å². The van der Waals surface area contributed by atoms with Crippen molar-refractivity contribution in [3.63, 3.8) is 0 Å². The lowest BCUT2D eigenvalue weighted by molar-refractivity contribution is -0.382. The molecule has 6 nitrogen and oxygen atoms in total. The molecule has 0 aliphatic rings. The molecule has 2 rings (SSSR count). The second kappa shape index (κ2) is 4.07. The van der Waals surface area contributed by atoms with Crippen molar-refractivity contribution in [3.05, 3.63) is 44.3 Å². The van der Waals surface area contributed by atoms with E-state index in [1.165, 1.54) is 12.1 Å². The van der Waals surface area contributed by atoms with Crippen LogP contribution in [-0.2, 0) is 4.57 Å². The highest BCUT2D eigenvalue weighted by atomic mass is 31.1. The first kappa shape index (κ1) is 11.4. The summed E-state index contributed by atoms with van der Waals surface area (Å²) in [5, 5.41) is 11.4. The highest BCUT2D eigenvalue weighted by Crippen LogP contribution is 2.26. The maximum Gasteiger partial charge on any atom is 0.336 e. The van der Waals surface area contributed by atoms with Crippen LogP contribution in [-0.4, -0.2) is 4.92 Å². The maximum absolute atomic E-state index is 11.2. The molecule has 0 aliphatic heterocycles. The summed E-state index contributed by atoms with van der Waals surface area (Å²) in [6.07, 6.45) is 0. The van der Waals surface area contributed by atoms with Crippen LogP contribution >= 0.6 is 8.46 Å². The van der Waals surface area contributed by atoms with E-state index in [2.05, 4.69) is 0 Å². The minimum absolute atomic E-state index is 0.0174. The molecule has 0 aliphatic carbocycles. The van der Waals surface area contributed by atoms with E-state index in [-0.39, 0.29) is 10.9 Å². The second-order valence-electron chi connectivity index (χ2n) is 3.41. The zero-order valence-electron chi connectivity index (χ0n) is 8.67. The lowest BCUT2D eigenvalue weighted by Gasteiger charge is -2.02.